The van der Waals surface area contributed by atoms with E-state index in [1.807, 2.05) is 36.1 Å². The zero-order valence-corrected chi connectivity index (χ0v) is 16.4. The van der Waals surface area contributed by atoms with Crippen molar-refractivity contribution in [1.29, 1.82) is 0 Å². The Hall–Kier alpha value is -3.02. The summed E-state index contributed by atoms with van der Waals surface area (Å²) < 4.78 is 10.8. The average Bonchev–Trinajstić information content (AvgIpc) is 3.07. The van der Waals surface area contributed by atoms with Crippen molar-refractivity contribution in [1.82, 2.24) is 4.90 Å². The van der Waals surface area contributed by atoms with Gasteiger partial charge in [0.1, 0.15) is 0 Å². The Morgan fingerprint density at radius 2 is 1.79 bits per heavy atom. The molecule has 0 spiro atoms. The van der Waals surface area contributed by atoms with E-state index in [4.69, 9.17) is 9.47 Å². The first-order valence-corrected chi connectivity index (χ1v) is 9.50. The number of Topliss-reactive ketones (excluding diaryl/α,β-unsaturated/α-hetero) is 1. The molecule has 2 amide bonds. The molecule has 1 aliphatic heterocycles. The number of anilines is 1. The number of nitrogens with one attached hydrogen (secondary N) is 1. The van der Waals surface area contributed by atoms with Crippen molar-refractivity contribution in [2.24, 2.45) is 0 Å². The smallest absolute Gasteiger partial charge is 0.322 e. The number of urea groups is 1. The van der Waals surface area contributed by atoms with E-state index in [0.29, 0.717) is 24.5 Å². The van der Waals surface area contributed by atoms with Crippen LogP contribution in [0.3, 0.4) is 0 Å². The second kappa shape index (κ2) is 7.19. The average molecular weight is 380 g/mol. The molecule has 0 fully saturated rings. The third kappa shape index (κ3) is 3.09. The van der Waals surface area contributed by atoms with Gasteiger partial charge in [-0.15, -0.1) is 0 Å². The molecular weight excluding hydrogens is 356 g/mol. The van der Waals surface area contributed by atoms with Crippen LogP contribution in [0.4, 0.5) is 10.5 Å². The fourth-order valence-electron chi connectivity index (χ4n) is 4.15. The quantitative estimate of drug-likeness (QED) is 0.874. The summed E-state index contributed by atoms with van der Waals surface area (Å²) >= 11 is 0. The van der Waals surface area contributed by atoms with Crippen molar-refractivity contribution < 1.29 is 19.1 Å². The van der Waals surface area contributed by atoms with Gasteiger partial charge >= 0.3 is 6.03 Å². The zero-order valence-electron chi connectivity index (χ0n) is 16.4. The zero-order chi connectivity index (χ0) is 19.8. The van der Waals surface area contributed by atoms with Crippen molar-refractivity contribution in [2.75, 3.05) is 26.1 Å². The van der Waals surface area contributed by atoms with Gasteiger partial charge in [0.25, 0.3) is 0 Å². The monoisotopic (exact) mass is 380 g/mol. The Kier molecular flexibility index (Phi) is 4.71. The molecule has 2 aliphatic rings. The van der Waals surface area contributed by atoms with Crippen molar-refractivity contribution in [2.45, 2.75) is 32.2 Å². The van der Waals surface area contributed by atoms with Crippen molar-refractivity contribution in [3.05, 3.63) is 52.6 Å². The molecule has 1 heterocycles. The number of aryl methyl sites for hydroxylation is 1. The molecule has 0 radical (unpaired) electrons. The summed E-state index contributed by atoms with van der Waals surface area (Å²) in [6.45, 7) is 2.64. The highest BCUT2D eigenvalue weighted by molar-refractivity contribution is 6.01. The third-order valence-electron chi connectivity index (χ3n) is 5.72. The number of hydrogen-bond acceptors (Lipinski definition) is 4. The van der Waals surface area contributed by atoms with Crippen LogP contribution in [-0.2, 0) is 12.8 Å². The van der Waals surface area contributed by atoms with Crippen LogP contribution in [0.25, 0.3) is 0 Å². The minimum absolute atomic E-state index is 0.0837. The molecule has 0 saturated heterocycles. The Morgan fingerprint density at radius 3 is 2.54 bits per heavy atom. The Bertz CT molecular complexity index is 954. The van der Waals surface area contributed by atoms with E-state index in [9.17, 15) is 9.59 Å². The number of fused-ring (bicyclic) bond motifs is 2. The molecular formula is C22H24N2O4. The number of methoxy groups -OCH3 is 2. The SMILES string of the molecule is COc1cc2c(cc1OC)[C@H](C)N(C(=O)Nc1ccc3c(c1)CCC3=O)CC2. The number of ether oxygens (including phenoxy) is 2. The van der Waals surface area contributed by atoms with E-state index < -0.39 is 0 Å². The van der Waals surface area contributed by atoms with Crippen LogP contribution in [0.5, 0.6) is 11.5 Å². The van der Waals surface area contributed by atoms with Gasteiger partial charge < -0.3 is 19.7 Å². The van der Waals surface area contributed by atoms with Gasteiger partial charge in [0.05, 0.1) is 20.3 Å². The Labute approximate surface area is 164 Å². The summed E-state index contributed by atoms with van der Waals surface area (Å²) in [6, 6.07) is 9.25. The van der Waals surface area contributed by atoms with E-state index >= 15 is 0 Å². The largest absolute Gasteiger partial charge is 0.493 e. The molecule has 0 aromatic heterocycles. The lowest BCUT2D eigenvalue weighted by Gasteiger charge is -2.35. The third-order valence-corrected chi connectivity index (χ3v) is 5.72. The molecule has 2 aromatic rings. The molecule has 6 nitrogen and oxygen atoms in total. The molecule has 28 heavy (non-hydrogen) atoms. The summed E-state index contributed by atoms with van der Waals surface area (Å²) in [5, 5.41) is 2.99. The van der Waals surface area contributed by atoms with Crippen LogP contribution in [0.2, 0.25) is 0 Å². The summed E-state index contributed by atoms with van der Waals surface area (Å²) in [6.07, 6.45) is 2.05. The first-order valence-electron chi connectivity index (χ1n) is 9.50. The summed E-state index contributed by atoms with van der Waals surface area (Å²) in [7, 11) is 3.24. The first-order chi connectivity index (χ1) is 13.5. The molecule has 1 N–H and O–H groups in total. The van der Waals surface area contributed by atoms with E-state index in [1.165, 1.54) is 5.56 Å². The molecule has 1 atom stereocenters. The van der Waals surface area contributed by atoms with Gasteiger partial charge in [-0.3, -0.25) is 4.79 Å². The highest BCUT2D eigenvalue weighted by Crippen LogP contribution is 2.38. The van der Waals surface area contributed by atoms with Gasteiger partial charge in [0.2, 0.25) is 0 Å². The predicted octanol–water partition coefficient (Wildman–Crippen LogP) is 3.98. The lowest BCUT2D eigenvalue weighted by Crippen LogP contribution is -2.41. The first kappa shape index (κ1) is 18.3. The van der Waals surface area contributed by atoms with Gasteiger partial charge in [-0.2, -0.15) is 0 Å². The topological polar surface area (TPSA) is 67.9 Å². The van der Waals surface area contributed by atoms with Crippen LogP contribution < -0.4 is 14.8 Å². The number of nitrogens with zero attached hydrogens (tertiary/aromatic N) is 1. The molecule has 0 unspecified atom stereocenters. The Morgan fingerprint density at radius 1 is 1.04 bits per heavy atom. The minimum Gasteiger partial charge on any atom is -0.493 e. The summed E-state index contributed by atoms with van der Waals surface area (Å²) in [5.74, 6) is 1.55. The minimum atomic E-state index is -0.141. The van der Waals surface area contributed by atoms with E-state index in [1.54, 1.807) is 20.3 Å². The highest BCUT2D eigenvalue weighted by atomic mass is 16.5. The summed E-state index contributed by atoms with van der Waals surface area (Å²) in [5.41, 5.74) is 4.75. The van der Waals surface area contributed by atoms with Crippen molar-refractivity contribution in [3.63, 3.8) is 0 Å². The van der Waals surface area contributed by atoms with Crippen molar-refractivity contribution in [3.8, 4) is 11.5 Å². The fourth-order valence-corrected chi connectivity index (χ4v) is 4.15. The maximum Gasteiger partial charge on any atom is 0.322 e. The number of hydrogen-bond donors (Lipinski definition) is 1. The fraction of sp³-hybridized carbons (Fsp3) is 0.364. The van der Waals surface area contributed by atoms with Gasteiger partial charge in [-0.05, 0) is 66.8 Å². The predicted molar refractivity (Wildman–Crippen MR) is 106 cm³/mol. The highest BCUT2D eigenvalue weighted by Gasteiger charge is 2.29. The van der Waals surface area contributed by atoms with Crippen LogP contribution in [0.1, 0.15) is 46.4 Å². The molecule has 0 bridgehead atoms. The van der Waals surface area contributed by atoms with Crippen molar-refractivity contribution >= 4 is 17.5 Å². The number of benzene rings is 2. The lowest BCUT2D eigenvalue weighted by atomic mass is 9.93. The second-order valence-electron chi connectivity index (χ2n) is 7.25. The second-order valence-corrected chi connectivity index (χ2v) is 7.25. The number of amides is 2. The van der Waals surface area contributed by atoms with E-state index in [0.717, 1.165) is 35.2 Å². The van der Waals surface area contributed by atoms with Crippen LogP contribution in [-0.4, -0.2) is 37.5 Å². The lowest BCUT2D eigenvalue weighted by molar-refractivity contribution is 0.0994. The standard InChI is InChI=1S/C22H24N2O4/c1-13-18-12-21(28-3)20(27-2)11-15(18)8-9-24(13)22(26)23-16-5-6-17-14(10-16)4-7-19(17)25/h5-6,10-13H,4,7-9H2,1-3H3,(H,23,26)/t13-/m0/s1. The molecule has 2 aromatic carbocycles. The molecule has 4 rings (SSSR count). The van der Waals surface area contributed by atoms with Crippen LogP contribution in [0, 0.1) is 0 Å². The van der Waals surface area contributed by atoms with Gasteiger partial charge in [0.15, 0.2) is 17.3 Å². The summed E-state index contributed by atoms with van der Waals surface area (Å²) in [4.78, 5) is 26.5. The molecule has 6 heteroatoms. The van der Waals surface area contributed by atoms with Crippen LogP contribution in [0.15, 0.2) is 30.3 Å². The Balaban J connectivity index is 1.54. The van der Waals surface area contributed by atoms with Gasteiger partial charge in [0, 0.05) is 24.2 Å². The van der Waals surface area contributed by atoms with E-state index in [2.05, 4.69) is 5.32 Å². The molecule has 1 aliphatic carbocycles. The van der Waals surface area contributed by atoms with Crippen LogP contribution >= 0.6 is 0 Å². The number of rotatable bonds is 3. The van der Waals surface area contributed by atoms with Gasteiger partial charge in [-0.1, -0.05) is 0 Å². The maximum absolute atomic E-state index is 12.9. The molecule has 0 saturated carbocycles. The number of carbonyl (C=O) groups excluding carboxylic acids is 2. The maximum atomic E-state index is 12.9. The normalized spacial score (nSPS) is 17.8. The van der Waals surface area contributed by atoms with E-state index in [-0.39, 0.29) is 17.9 Å². The number of ketones is 1. The molecule has 146 valence electrons. The van der Waals surface area contributed by atoms with Gasteiger partial charge in [-0.25, -0.2) is 4.79 Å². The number of carbonyl (C=O) groups is 2.